The number of rotatable bonds is 4. The molecular formula is C21H22O2. The number of hydrogen-bond donors (Lipinski definition) is 0. The number of aryl methyl sites for hydroxylation is 1. The Morgan fingerprint density at radius 2 is 1.87 bits per heavy atom. The lowest BCUT2D eigenvalue weighted by atomic mass is 9.86. The molecule has 1 aliphatic rings. The van der Waals surface area contributed by atoms with Gasteiger partial charge in [0, 0.05) is 0 Å². The van der Waals surface area contributed by atoms with Crippen LogP contribution >= 0.6 is 0 Å². The number of ether oxygens (including phenoxy) is 1. The number of methoxy groups -OCH3 is 1. The van der Waals surface area contributed by atoms with Crippen LogP contribution in [-0.2, 0) is 16.0 Å². The second kappa shape index (κ2) is 6.82. The van der Waals surface area contributed by atoms with Crippen molar-refractivity contribution >= 4 is 11.5 Å². The maximum atomic E-state index is 11.4. The quantitative estimate of drug-likeness (QED) is 0.763. The van der Waals surface area contributed by atoms with E-state index in [1.54, 1.807) is 0 Å². The van der Waals surface area contributed by atoms with Crippen LogP contribution in [0.25, 0.3) is 5.57 Å². The van der Waals surface area contributed by atoms with Crippen molar-refractivity contribution in [2.75, 3.05) is 7.11 Å². The minimum atomic E-state index is -0.162. The number of allylic oxidation sites excluding steroid dienone is 1. The summed E-state index contributed by atoms with van der Waals surface area (Å²) in [6.45, 7) is 2.06. The zero-order chi connectivity index (χ0) is 16.2. The Bertz CT molecular complexity index is 726. The average Bonchev–Trinajstić information content (AvgIpc) is 2.61. The van der Waals surface area contributed by atoms with Gasteiger partial charge in [0.2, 0.25) is 0 Å². The summed E-state index contributed by atoms with van der Waals surface area (Å²) in [5.41, 5.74) is 6.50. The van der Waals surface area contributed by atoms with Gasteiger partial charge in [-0.25, -0.2) is 0 Å². The molecule has 0 fully saturated rings. The predicted molar refractivity (Wildman–Crippen MR) is 93.3 cm³/mol. The number of fused-ring (bicyclic) bond motifs is 1. The van der Waals surface area contributed by atoms with E-state index < -0.39 is 0 Å². The molecular weight excluding hydrogens is 284 g/mol. The van der Waals surface area contributed by atoms with E-state index in [1.807, 2.05) is 0 Å². The molecule has 0 N–H and O–H groups in total. The Morgan fingerprint density at radius 1 is 1.13 bits per heavy atom. The fourth-order valence-corrected chi connectivity index (χ4v) is 3.20. The van der Waals surface area contributed by atoms with Gasteiger partial charge < -0.3 is 4.74 Å². The molecule has 2 aromatic carbocycles. The van der Waals surface area contributed by atoms with Crippen LogP contribution in [-0.4, -0.2) is 13.1 Å². The van der Waals surface area contributed by atoms with Crippen molar-refractivity contribution in [1.29, 1.82) is 0 Å². The smallest absolute Gasteiger partial charge is 0.306 e. The third-order valence-electron chi connectivity index (χ3n) is 4.56. The van der Waals surface area contributed by atoms with Gasteiger partial charge in [-0.15, -0.1) is 0 Å². The number of hydrogen-bond acceptors (Lipinski definition) is 2. The second-order valence-corrected chi connectivity index (χ2v) is 6.12. The lowest BCUT2D eigenvalue weighted by Crippen LogP contribution is -2.06. The van der Waals surface area contributed by atoms with E-state index in [9.17, 15) is 4.79 Å². The van der Waals surface area contributed by atoms with E-state index in [4.69, 9.17) is 4.74 Å². The summed E-state index contributed by atoms with van der Waals surface area (Å²) < 4.78 is 4.75. The molecule has 0 spiro atoms. The maximum absolute atomic E-state index is 11.4. The molecule has 0 heterocycles. The topological polar surface area (TPSA) is 26.3 Å². The molecule has 0 amide bonds. The van der Waals surface area contributed by atoms with Crippen molar-refractivity contribution in [3.63, 3.8) is 0 Å². The molecule has 2 aromatic rings. The van der Waals surface area contributed by atoms with Gasteiger partial charge in [-0.2, -0.15) is 0 Å². The Kier molecular flexibility index (Phi) is 4.61. The molecule has 0 aliphatic heterocycles. The molecule has 2 nitrogen and oxygen atoms in total. The van der Waals surface area contributed by atoms with Gasteiger partial charge in [0.1, 0.15) is 0 Å². The predicted octanol–water partition coefficient (Wildman–Crippen LogP) is 4.73. The Balaban J connectivity index is 1.83. The molecule has 0 unspecified atom stereocenters. The van der Waals surface area contributed by atoms with Gasteiger partial charge in [-0.05, 0) is 46.6 Å². The Labute approximate surface area is 137 Å². The first kappa shape index (κ1) is 15.5. The van der Waals surface area contributed by atoms with Gasteiger partial charge >= 0.3 is 5.97 Å². The first-order chi connectivity index (χ1) is 11.2. The van der Waals surface area contributed by atoms with E-state index in [2.05, 4.69) is 61.5 Å². The van der Waals surface area contributed by atoms with Crippen molar-refractivity contribution in [2.45, 2.75) is 32.1 Å². The van der Waals surface area contributed by atoms with Crippen LogP contribution in [0, 0.1) is 0 Å². The van der Waals surface area contributed by atoms with Crippen LogP contribution in [0.15, 0.2) is 54.6 Å². The zero-order valence-electron chi connectivity index (χ0n) is 13.7. The average molecular weight is 306 g/mol. The van der Waals surface area contributed by atoms with Gasteiger partial charge in [-0.1, -0.05) is 61.5 Å². The van der Waals surface area contributed by atoms with Crippen LogP contribution in [0.1, 0.15) is 47.9 Å². The molecule has 1 atom stereocenters. The fourth-order valence-electron chi connectivity index (χ4n) is 3.20. The normalized spacial score (nSPS) is 14.6. The SMILES string of the molecule is COC(=O)C[C@H](C)c1ccc(C2=CCCc3ccccc32)cc1. The van der Waals surface area contributed by atoms with Crippen LogP contribution in [0.2, 0.25) is 0 Å². The third kappa shape index (κ3) is 3.37. The minimum Gasteiger partial charge on any atom is -0.469 e. The summed E-state index contributed by atoms with van der Waals surface area (Å²) in [4.78, 5) is 11.4. The number of benzene rings is 2. The Hall–Kier alpha value is -2.35. The highest BCUT2D eigenvalue weighted by molar-refractivity contribution is 5.82. The first-order valence-corrected chi connectivity index (χ1v) is 8.14. The molecule has 2 heteroatoms. The van der Waals surface area contributed by atoms with E-state index in [0.717, 1.165) is 12.8 Å². The van der Waals surface area contributed by atoms with Crippen molar-refractivity contribution in [3.8, 4) is 0 Å². The van der Waals surface area contributed by atoms with E-state index in [-0.39, 0.29) is 11.9 Å². The molecule has 3 rings (SSSR count). The van der Waals surface area contributed by atoms with Gasteiger partial charge in [0.25, 0.3) is 0 Å². The lowest BCUT2D eigenvalue weighted by Gasteiger charge is -2.19. The number of carbonyl (C=O) groups excluding carboxylic acids is 1. The number of carbonyl (C=O) groups is 1. The first-order valence-electron chi connectivity index (χ1n) is 8.14. The fraction of sp³-hybridized carbons (Fsp3) is 0.286. The van der Waals surface area contributed by atoms with Crippen molar-refractivity contribution in [3.05, 3.63) is 76.9 Å². The van der Waals surface area contributed by atoms with E-state index in [0.29, 0.717) is 6.42 Å². The standard InChI is InChI=1S/C21H22O2/c1-15(14-21(22)23-2)16-10-12-18(13-11-16)20-9-5-7-17-6-3-4-8-19(17)20/h3-4,6,8-13,15H,5,7,14H2,1-2H3/t15-/m0/s1. The van der Waals surface area contributed by atoms with Crippen LogP contribution in [0.4, 0.5) is 0 Å². The minimum absolute atomic E-state index is 0.162. The molecule has 1 aliphatic carbocycles. The summed E-state index contributed by atoms with van der Waals surface area (Å²) in [6, 6.07) is 17.2. The van der Waals surface area contributed by atoms with E-state index in [1.165, 1.54) is 34.9 Å². The van der Waals surface area contributed by atoms with Gasteiger partial charge in [0.15, 0.2) is 0 Å². The zero-order valence-corrected chi connectivity index (χ0v) is 13.7. The highest BCUT2D eigenvalue weighted by Gasteiger charge is 2.15. The molecule has 23 heavy (non-hydrogen) atoms. The molecule has 118 valence electrons. The Morgan fingerprint density at radius 3 is 2.61 bits per heavy atom. The monoisotopic (exact) mass is 306 g/mol. The lowest BCUT2D eigenvalue weighted by molar-refractivity contribution is -0.140. The van der Waals surface area contributed by atoms with Crippen molar-refractivity contribution in [1.82, 2.24) is 0 Å². The van der Waals surface area contributed by atoms with Crippen LogP contribution in [0.5, 0.6) is 0 Å². The molecule has 0 radical (unpaired) electrons. The van der Waals surface area contributed by atoms with Crippen molar-refractivity contribution in [2.24, 2.45) is 0 Å². The third-order valence-corrected chi connectivity index (χ3v) is 4.56. The molecule has 0 bridgehead atoms. The molecule has 0 aromatic heterocycles. The molecule has 0 saturated heterocycles. The summed E-state index contributed by atoms with van der Waals surface area (Å²) in [5, 5.41) is 0. The number of esters is 1. The maximum Gasteiger partial charge on any atom is 0.306 e. The summed E-state index contributed by atoms with van der Waals surface area (Å²) in [7, 11) is 1.44. The summed E-state index contributed by atoms with van der Waals surface area (Å²) >= 11 is 0. The van der Waals surface area contributed by atoms with Gasteiger partial charge in [-0.3, -0.25) is 4.79 Å². The van der Waals surface area contributed by atoms with E-state index >= 15 is 0 Å². The highest BCUT2D eigenvalue weighted by atomic mass is 16.5. The van der Waals surface area contributed by atoms with Gasteiger partial charge in [0.05, 0.1) is 13.5 Å². The van der Waals surface area contributed by atoms with Crippen LogP contribution < -0.4 is 0 Å². The second-order valence-electron chi connectivity index (χ2n) is 6.12. The summed E-state index contributed by atoms with van der Waals surface area (Å²) in [5.74, 6) is 0.00890. The molecule has 0 saturated carbocycles. The van der Waals surface area contributed by atoms with Crippen molar-refractivity contribution < 1.29 is 9.53 Å². The highest BCUT2D eigenvalue weighted by Crippen LogP contribution is 2.32. The largest absolute Gasteiger partial charge is 0.469 e. The van der Waals surface area contributed by atoms with Crippen LogP contribution in [0.3, 0.4) is 0 Å². The summed E-state index contributed by atoms with van der Waals surface area (Å²) in [6.07, 6.45) is 4.96.